The minimum absolute atomic E-state index is 0.0555. The number of hydrogen-bond acceptors (Lipinski definition) is 3. The van der Waals surface area contributed by atoms with E-state index in [9.17, 15) is 0 Å². The molecule has 0 saturated carbocycles. The average Bonchev–Trinajstić information content (AvgIpc) is 2.60. The van der Waals surface area contributed by atoms with Crippen molar-refractivity contribution in [2.24, 2.45) is 5.73 Å². The van der Waals surface area contributed by atoms with Crippen molar-refractivity contribution in [3.63, 3.8) is 0 Å². The number of hydrogen-bond donors (Lipinski definition) is 1. The smallest absolute Gasteiger partial charge is 0.0948 e. The number of nitrogens with two attached hydrogens (primary N) is 1. The monoisotopic (exact) mass is 197 g/mol. The van der Waals surface area contributed by atoms with Gasteiger partial charge in [0.2, 0.25) is 0 Å². The normalized spacial score (nSPS) is 13.1. The third-order valence-corrected chi connectivity index (χ3v) is 2.21. The zero-order valence-corrected chi connectivity index (χ0v) is 8.94. The Morgan fingerprint density at radius 1 is 1.57 bits per heavy atom. The molecule has 0 radical (unpaired) electrons. The number of unbranched alkanes of at least 4 members (excludes halogenated alkanes) is 1. The van der Waals surface area contributed by atoms with E-state index in [4.69, 9.17) is 10.5 Å². The zero-order chi connectivity index (χ0) is 10.4. The summed E-state index contributed by atoms with van der Waals surface area (Å²) in [5, 5.41) is 0. The van der Waals surface area contributed by atoms with Crippen molar-refractivity contribution in [3.8, 4) is 0 Å². The van der Waals surface area contributed by atoms with Crippen molar-refractivity contribution in [3.05, 3.63) is 18.2 Å². The molecule has 0 amide bonds. The van der Waals surface area contributed by atoms with Crippen LogP contribution in [0.3, 0.4) is 0 Å². The van der Waals surface area contributed by atoms with Gasteiger partial charge in [0.15, 0.2) is 0 Å². The summed E-state index contributed by atoms with van der Waals surface area (Å²) < 4.78 is 7.10. The van der Waals surface area contributed by atoms with Crippen LogP contribution in [0.4, 0.5) is 0 Å². The van der Waals surface area contributed by atoms with Crippen LogP contribution in [0.25, 0.3) is 0 Å². The summed E-state index contributed by atoms with van der Waals surface area (Å²) in [6, 6.07) is 0.0555. The van der Waals surface area contributed by atoms with Crippen LogP contribution in [0.5, 0.6) is 0 Å². The zero-order valence-electron chi connectivity index (χ0n) is 8.94. The molecule has 0 bridgehead atoms. The fourth-order valence-corrected chi connectivity index (χ4v) is 1.43. The topological polar surface area (TPSA) is 53.1 Å². The fourth-order valence-electron chi connectivity index (χ4n) is 1.43. The Hall–Kier alpha value is -0.870. The van der Waals surface area contributed by atoms with E-state index in [0.717, 1.165) is 31.7 Å². The highest BCUT2D eigenvalue weighted by Gasteiger charge is 2.05. The standard InChI is InChI=1S/C10H19N3O/c1-9(11)10-7-12-8-13(10)5-3-4-6-14-2/h7-9H,3-6,11H2,1-2H3. The van der Waals surface area contributed by atoms with E-state index < -0.39 is 0 Å². The molecule has 0 saturated heterocycles. The van der Waals surface area contributed by atoms with Gasteiger partial charge in [0.1, 0.15) is 0 Å². The molecule has 0 aliphatic carbocycles. The van der Waals surface area contributed by atoms with Gasteiger partial charge in [-0.3, -0.25) is 0 Å². The van der Waals surface area contributed by atoms with Gasteiger partial charge < -0.3 is 15.0 Å². The molecule has 1 unspecified atom stereocenters. The number of nitrogens with zero attached hydrogens (tertiary/aromatic N) is 2. The van der Waals surface area contributed by atoms with Gasteiger partial charge in [0.25, 0.3) is 0 Å². The SMILES string of the molecule is COCCCCn1cncc1C(C)N. The van der Waals surface area contributed by atoms with Gasteiger partial charge in [0.05, 0.1) is 12.0 Å². The first kappa shape index (κ1) is 11.2. The van der Waals surface area contributed by atoms with Crippen molar-refractivity contribution < 1.29 is 4.74 Å². The van der Waals surface area contributed by atoms with E-state index in [1.807, 2.05) is 19.4 Å². The molecule has 0 aliphatic rings. The number of aryl methyl sites for hydroxylation is 1. The lowest BCUT2D eigenvalue weighted by Gasteiger charge is -2.10. The predicted molar refractivity (Wildman–Crippen MR) is 55.9 cm³/mol. The Labute approximate surface area is 85.1 Å². The molecule has 0 aromatic carbocycles. The van der Waals surface area contributed by atoms with Crippen LogP contribution in [0.15, 0.2) is 12.5 Å². The van der Waals surface area contributed by atoms with Crippen molar-refractivity contribution in [1.82, 2.24) is 9.55 Å². The number of methoxy groups -OCH3 is 1. The Balaban J connectivity index is 2.38. The lowest BCUT2D eigenvalue weighted by atomic mass is 10.2. The summed E-state index contributed by atoms with van der Waals surface area (Å²) in [4.78, 5) is 4.09. The highest BCUT2D eigenvalue weighted by atomic mass is 16.5. The molecule has 0 aliphatic heterocycles. The van der Waals surface area contributed by atoms with E-state index >= 15 is 0 Å². The Morgan fingerprint density at radius 2 is 2.36 bits per heavy atom. The van der Waals surface area contributed by atoms with E-state index in [1.165, 1.54) is 0 Å². The van der Waals surface area contributed by atoms with E-state index in [-0.39, 0.29) is 6.04 Å². The van der Waals surface area contributed by atoms with E-state index in [1.54, 1.807) is 7.11 Å². The summed E-state index contributed by atoms with van der Waals surface area (Å²) >= 11 is 0. The molecular formula is C10H19N3O. The first-order chi connectivity index (χ1) is 6.75. The molecule has 0 spiro atoms. The van der Waals surface area contributed by atoms with Gasteiger partial charge in [0, 0.05) is 32.5 Å². The molecule has 80 valence electrons. The van der Waals surface area contributed by atoms with E-state index in [2.05, 4.69) is 9.55 Å². The molecule has 14 heavy (non-hydrogen) atoms. The summed E-state index contributed by atoms with van der Waals surface area (Å²) in [6.45, 7) is 3.77. The van der Waals surface area contributed by atoms with Crippen LogP contribution in [-0.2, 0) is 11.3 Å². The third kappa shape index (κ3) is 3.12. The van der Waals surface area contributed by atoms with Crippen LogP contribution >= 0.6 is 0 Å². The fraction of sp³-hybridized carbons (Fsp3) is 0.700. The number of rotatable bonds is 6. The van der Waals surface area contributed by atoms with Crippen LogP contribution in [0, 0.1) is 0 Å². The van der Waals surface area contributed by atoms with Crippen LogP contribution in [0.2, 0.25) is 0 Å². The molecule has 1 aromatic rings. The van der Waals surface area contributed by atoms with Gasteiger partial charge in [-0.2, -0.15) is 0 Å². The molecule has 1 atom stereocenters. The molecular weight excluding hydrogens is 178 g/mol. The highest BCUT2D eigenvalue weighted by molar-refractivity contribution is 5.02. The summed E-state index contributed by atoms with van der Waals surface area (Å²) in [6.07, 6.45) is 5.85. The van der Waals surface area contributed by atoms with Gasteiger partial charge in [-0.05, 0) is 19.8 Å². The average molecular weight is 197 g/mol. The van der Waals surface area contributed by atoms with Crippen LogP contribution in [0.1, 0.15) is 31.5 Å². The Morgan fingerprint density at radius 3 is 3.00 bits per heavy atom. The Bertz CT molecular complexity index is 258. The second-order valence-electron chi connectivity index (χ2n) is 3.50. The summed E-state index contributed by atoms with van der Waals surface area (Å²) in [7, 11) is 1.73. The maximum absolute atomic E-state index is 5.80. The number of ether oxygens (including phenoxy) is 1. The number of imidazole rings is 1. The molecule has 2 N–H and O–H groups in total. The lowest BCUT2D eigenvalue weighted by molar-refractivity contribution is 0.191. The number of aromatic nitrogens is 2. The first-order valence-electron chi connectivity index (χ1n) is 5.00. The lowest BCUT2D eigenvalue weighted by Crippen LogP contribution is -2.12. The maximum atomic E-state index is 5.80. The first-order valence-corrected chi connectivity index (χ1v) is 5.00. The molecule has 1 heterocycles. The van der Waals surface area contributed by atoms with Crippen LogP contribution in [-0.4, -0.2) is 23.3 Å². The third-order valence-electron chi connectivity index (χ3n) is 2.21. The predicted octanol–water partition coefficient (Wildman–Crippen LogP) is 1.33. The van der Waals surface area contributed by atoms with Crippen molar-refractivity contribution in [2.75, 3.05) is 13.7 Å². The van der Waals surface area contributed by atoms with Gasteiger partial charge in [-0.15, -0.1) is 0 Å². The molecule has 0 fully saturated rings. The van der Waals surface area contributed by atoms with Crippen molar-refractivity contribution in [2.45, 2.75) is 32.4 Å². The van der Waals surface area contributed by atoms with E-state index in [0.29, 0.717) is 0 Å². The summed E-state index contributed by atoms with van der Waals surface area (Å²) in [5.41, 5.74) is 6.90. The molecule has 4 heteroatoms. The van der Waals surface area contributed by atoms with Gasteiger partial charge in [-0.25, -0.2) is 4.98 Å². The highest BCUT2D eigenvalue weighted by Crippen LogP contribution is 2.09. The Kier molecular flexibility index (Phi) is 4.62. The maximum Gasteiger partial charge on any atom is 0.0948 e. The van der Waals surface area contributed by atoms with Gasteiger partial charge >= 0.3 is 0 Å². The summed E-state index contributed by atoms with van der Waals surface area (Å²) in [5.74, 6) is 0. The molecule has 4 nitrogen and oxygen atoms in total. The van der Waals surface area contributed by atoms with Crippen molar-refractivity contribution in [1.29, 1.82) is 0 Å². The molecule has 1 rings (SSSR count). The minimum Gasteiger partial charge on any atom is -0.385 e. The van der Waals surface area contributed by atoms with Crippen molar-refractivity contribution >= 4 is 0 Å². The largest absolute Gasteiger partial charge is 0.385 e. The second-order valence-corrected chi connectivity index (χ2v) is 3.50. The quantitative estimate of drug-likeness (QED) is 0.700. The second kappa shape index (κ2) is 5.78. The van der Waals surface area contributed by atoms with Crippen LogP contribution < -0.4 is 5.73 Å². The molecule has 1 aromatic heterocycles. The minimum atomic E-state index is 0.0555. The van der Waals surface area contributed by atoms with Gasteiger partial charge in [-0.1, -0.05) is 0 Å².